The number of rotatable bonds is 5. The molecule has 0 aliphatic carbocycles. The van der Waals surface area contributed by atoms with E-state index in [1.165, 1.54) is 58.4 Å². The smallest absolute Gasteiger partial charge is 0.0224 e. The predicted molar refractivity (Wildman–Crippen MR) is 73.3 cm³/mol. The number of piperazine rings is 1. The van der Waals surface area contributed by atoms with Crippen molar-refractivity contribution in [3.8, 4) is 0 Å². The fourth-order valence-electron chi connectivity index (χ4n) is 3.03. The van der Waals surface area contributed by atoms with Gasteiger partial charge in [-0.1, -0.05) is 6.92 Å². The van der Waals surface area contributed by atoms with Crippen molar-refractivity contribution in [1.29, 1.82) is 0 Å². The van der Waals surface area contributed by atoms with Gasteiger partial charge in [-0.15, -0.1) is 0 Å². The first kappa shape index (κ1) is 12.7. The van der Waals surface area contributed by atoms with Crippen molar-refractivity contribution in [3.05, 3.63) is 0 Å². The van der Waals surface area contributed by atoms with Crippen molar-refractivity contribution < 1.29 is 0 Å². The Labute approximate surface area is 106 Å². The van der Waals surface area contributed by atoms with Crippen LogP contribution in [0.5, 0.6) is 0 Å². The summed E-state index contributed by atoms with van der Waals surface area (Å²) in [4.78, 5) is 5.37. The van der Waals surface area contributed by atoms with Crippen LogP contribution in [-0.2, 0) is 0 Å². The third-order valence-electron chi connectivity index (χ3n) is 4.23. The highest BCUT2D eigenvalue weighted by Crippen LogP contribution is 2.22. The molecule has 2 heterocycles. The van der Waals surface area contributed by atoms with Gasteiger partial charge in [-0.25, -0.2) is 0 Å². The largest absolute Gasteiger partial charge is 0.301 e. The molecule has 2 rings (SSSR count). The Kier molecular flexibility index (Phi) is 4.98. The normalized spacial score (nSPS) is 29.2. The second-order valence-electron chi connectivity index (χ2n) is 5.54. The van der Waals surface area contributed by atoms with E-state index in [1.807, 2.05) is 0 Å². The van der Waals surface area contributed by atoms with Gasteiger partial charge in [-0.2, -0.15) is 12.6 Å². The zero-order valence-corrected chi connectivity index (χ0v) is 11.5. The molecule has 2 atom stereocenters. The van der Waals surface area contributed by atoms with E-state index in [0.717, 1.165) is 17.7 Å². The Hall–Kier alpha value is 0.270. The topological polar surface area (TPSA) is 6.48 Å². The summed E-state index contributed by atoms with van der Waals surface area (Å²) in [6.45, 7) is 8.96. The second kappa shape index (κ2) is 6.27. The SMILES string of the molecule is CC(CCS)CCN1CCN2CCCC2C1. The first-order valence-electron chi connectivity index (χ1n) is 6.87. The van der Waals surface area contributed by atoms with E-state index in [2.05, 4.69) is 29.4 Å². The van der Waals surface area contributed by atoms with Crippen LogP contribution < -0.4 is 0 Å². The van der Waals surface area contributed by atoms with Crippen LogP contribution in [0.3, 0.4) is 0 Å². The van der Waals surface area contributed by atoms with Gasteiger partial charge in [0.05, 0.1) is 0 Å². The number of fused-ring (bicyclic) bond motifs is 1. The summed E-state index contributed by atoms with van der Waals surface area (Å²) in [7, 11) is 0. The molecule has 0 saturated carbocycles. The molecule has 0 aromatic heterocycles. The van der Waals surface area contributed by atoms with Crippen LogP contribution in [-0.4, -0.2) is 54.3 Å². The molecule has 0 radical (unpaired) electrons. The lowest BCUT2D eigenvalue weighted by molar-refractivity contribution is 0.100. The number of nitrogens with zero attached hydrogens (tertiary/aromatic N) is 2. The van der Waals surface area contributed by atoms with Crippen LogP contribution in [0.1, 0.15) is 32.6 Å². The summed E-state index contributed by atoms with van der Waals surface area (Å²) in [6.07, 6.45) is 5.48. The highest BCUT2D eigenvalue weighted by Gasteiger charge is 2.30. The van der Waals surface area contributed by atoms with Crippen molar-refractivity contribution in [2.75, 3.05) is 38.5 Å². The van der Waals surface area contributed by atoms with Gasteiger partial charge in [0.1, 0.15) is 0 Å². The van der Waals surface area contributed by atoms with Crippen molar-refractivity contribution in [3.63, 3.8) is 0 Å². The van der Waals surface area contributed by atoms with E-state index < -0.39 is 0 Å². The van der Waals surface area contributed by atoms with Gasteiger partial charge in [-0.05, 0) is 50.4 Å². The maximum Gasteiger partial charge on any atom is 0.0224 e. The molecule has 0 spiro atoms. The molecule has 0 amide bonds. The Morgan fingerprint density at radius 1 is 1.25 bits per heavy atom. The molecule has 0 bridgehead atoms. The Balaban J connectivity index is 1.67. The van der Waals surface area contributed by atoms with E-state index >= 15 is 0 Å². The summed E-state index contributed by atoms with van der Waals surface area (Å²) in [5.41, 5.74) is 0. The van der Waals surface area contributed by atoms with Crippen molar-refractivity contribution in [2.45, 2.75) is 38.6 Å². The third-order valence-corrected chi connectivity index (χ3v) is 4.49. The molecule has 94 valence electrons. The average molecular weight is 242 g/mol. The van der Waals surface area contributed by atoms with Crippen LogP contribution in [0.2, 0.25) is 0 Å². The van der Waals surface area contributed by atoms with E-state index in [0.29, 0.717) is 0 Å². The standard InChI is InChI=1S/C13H26N2S/c1-12(5-10-16)4-7-14-8-9-15-6-2-3-13(15)11-14/h12-13,16H,2-11H2,1H3. The van der Waals surface area contributed by atoms with Crippen LogP contribution in [0.15, 0.2) is 0 Å². The fraction of sp³-hybridized carbons (Fsp3) is 1.00. The van der Waals surface area contributed by atoms with Crippen LogP contribution in [0.25, 0.3) is 0 Å². The van der Waals surface area contributed by atoms with Gasteiger partial charge >= 0.3 is 0 Å². The Morgan fingerprint density at radius 2 is 2.12 bits per heavy atom. The molecule has 2 unspecified atom stereocenters. The number of thiol groups is 1. The maximum absolute atomic E-state index is 4.31. The maximum atomic E-state index is 4.31. The summed E-state index contributed by atoms with van der Waals surface area (Å²) in [5.74, 6) is 1.89. The Morgan fingerprint density at radius 3 is 2.94 bits per heavy atom. The van der Waals surface area contributed by atoms with Gasteiger partial charge in [0, 0.05) is 25.7 Å². The number of hydrogen-bond donors (Lipinski definition) is 1. The molecule has 0 aromatic carbocycles. The molecule has 3 heteroatoms. The van der Waals surface area contributed by atoms with E-state index in [1.54, 1.807) is 0 Å². The minimum absolute atomic E-state index is 0.846. The second-order valence-corrected chi connectivity index (χ2v) is 5.99. The van der Waals surface area contributed by atoms with Crippen molar-refractivity contribution >= 4 is 12.6 Å². The highest BCUT2D eigenvalue weighted by atomic mass is 32.1. The molecule has 2 saturated heterocycles. The molecule has 2 nitrogen and oxygen atoms in total. The highest BCUT2D eigenvalue weighted by molar-refractivity contribution is 7.80. The zero-order chi connectivity index (χ0) is 11.4. The molecule has 2 fully saturated rings. The van der Waals surface area contributed by atoms with Gasteiger partial charge in [0.15, 0.2) is 0 Å². The van der Waals surface area contributed by atoms with Crippen LogP contribution in [0.4, 0.5) is 0 Å². The first-order valence-corrected chi connectivity index (χ1v) is 7.50. The number of hydrogen-bond acceptors (Lipinski definition) is 3. The molecule has 2 aliphatic heterocycles. The summed E-state index contributed by atoms with van der Waals surface area (Å²) in [6, 6.07) is 0.883. The lowest BCUT2D eigenvalue weighted by Gasteiger charge is -2.37. The molecular weight excluding hydrogens is 216 g/mol. The zero-order valence-electron chi connectivity index (χ0n) is 10.6. The van der Waals surface area contributed by atoms with E-state index in [4.69, 9.17) is 0 Å². The quantitative estimate of drug-likeness (QED) is 0.738. The monoisotopic (exact) mass is 242 g/mol. The van der Waals surface area contributed by atoms with Gasteiger partial charge in [0.2, 0.25) is 0 Å². The molecule has 16 heavy (non-hydrogen) atoms. The van der Waals surface area contributed by atoms with Gasteiger partial charge < -0.3 is 4.90 Å². The molecule has 2 aliphatic rings. The van der Waals surface area contributed by atoms with E-state index in [9.17, 15) is 0 Å². The molecule has 0 aromatic rings. The third kappa shape index (κ3) is 3.38. The minimum atomic E-state index is 0.846. The van der Waals surface area contributed by atoms with Crippen LogP contribution in [0, 0.1) is 5.92 Å². The summed E-state index contributed by atoms with van der Waals surface area (Å²) >= 11 is 4.31. The van der Waals surface area contributed by atoms with Crippen molar-refractivity contribution in [2.24, 2.45) is 5.92 Å². The fourth-order valence-corrected chi connectivity index (χ4v) is 3.47. The molecular formula is C13H26N2S. The lowest BCUT2D eigenvalue weighted by Crippen LogP contribution is -2.50. The lowest BCUT2D eigenvalue weighted by atomic mass is 10.0. The van der Waals surface area contributed by atoms with Gasteiger partial charge in [0.25, 0.3) is 0 Å². The molecule has 0 N–H and O–H groups in total. The van der Waals surface area contributed by atoms with E-state index in [-0.39, 0.29) is 0 Å². The summed E-state index contributed by atoms with van der Waals surface area (Å²) < 4.78 is 0. The predicted octanol–water partition coefficient (Wildman–Crippen LogP) is 2.11. The summed E-state index contributed by atoms with van der Waals surface area (Å²) in [5, 5.41) is 0. The minimum Gasteiger partial charge on any atom is -0.301 e. The Bertz CT molecular complexity index is 210. The van der Waals surface area contributed by atoms with Crippen molar-refractivity contribution in [1.82, 2.24) is 9.80 Å². The van der Waals surface area contributed by atoms with Gasteiger partial charge in [-0.3, -0.25) is 4.90 Å². The first-order chi connectivity index (χ1) is 7.79. The average Bonchev–Trinajstić information content (AvgIpc) is 2.74. The van der Waals surface area contributed by atoms with Crippen LogP contribution >= 0.6 is 12.6 Å².